The highest BCUT2D eigenvalue weighted by molar-refractivity contribution is 7.86. The second kappa shape index (κ2) is 11.2. The number of halogens is 1. The molecule has 2 amide bonds. The summed E-state index contributed by atoms with van der Waals surface area (Å²) in [6, 6.07) is 6.97. The van der Waals surface area contributed by atoms with Crippen LogP contribution in [0.15, 0.2) is 36.5 Å². The fourth-order valence-corrected chi connectivity index (χ4v) is 5.03. The number of carbonyl (C=O) groups excluding carboxylic acids is 1. The van der Waals surface area contributed by atoms with Crippen LogP contribution in [0.4, 0.5) is 20.6 Å². The number of amides is 2. The Bertz CT molecular complexity index is 1100. The highest BCUT2D eigenvalue weighted by atomic mass is 32.2. The van der Waals surface area contributed by atoms with E-state index in [1.165, 1.54) is 41.9 Å². The molecule has 10 nitrogen and oxygen atoms in total. The first-order valence-corrected chi connectivity index (χ1v) is 12.2. The first-order chi connectivity index (χ1) is 16.1. The van der Waals surface area contributed by atoms with Crippen LogP contribution >= 0.6 is 0 Å². The molecule has 34 heavy (non-hydrogen) atoms. The van der Waals surface area contributed by atoms with E-state index in [9.17, 15) is 17.6 Å². The summed E-state index contributed by atoms with van der Waals surface area (Å²) >= 11 is 0. The van der Waals surface area contributed by atoms with Crippen molar-refractivity contribution in [1.29, 1.82) is 0 Å². The van der Waals surface area contributed by atoms with Gasteiger partial charge in [-0.15, -0.1) is 0 Å². The third-order valence-corrected chi connectivity index (χ3v) is 7.42. The van der Waals surface area contributed by atoms with E-state index in [2.05, 4.69) is 15.6 Å². The monoisotopic (exact) mass is 494 g/mol. The van der Waals surface area contributed by atoms with Crippen LogP contribution in [0.5, 0.6) is 0 Å². The first-order valence-electron chi connectivity index (χ1n) is 10.8. The summed E-state index contributed by atoms with van der Waals surface area (Å²) in [7, 11) is 0.944. The van der Waals surface area contributed by atoms with Crippen LogP contribution in [0.2, 0.25) is 0 Å². The van der Waals surface area contributed by atoms with Crippen molar-refractivity contribution < 1.29 is 22.3 Å². The maximum atomic E-state index is 14.3. The van der Waals surface area contributed by atoms with E-state index in [0.29, 0.717) is 43.1 Å². The molecule has 0 aliphatic carbocycles. The Morgan fingerprint density at radius 1 is 1.21 bits per heavy atom. The van der Waals surface area contributed by atoms with Gasteiger partial charge < -0.3 is 15.4 Å². The third kappa shape index (κ3) is 6.70. The molecule has 186 valence electrons. The number of pyridine rings is 1. The molecule has 1 aromatic carbocycles. The SMILES string of the molecule is COC[C@@H]1CN(Cc2cc(F)cc(NC(=O)Nc3ccc(C)nc3)c2)CCN1S(=O)(=O)N(C)C. The molecular formula is C22H31FN6O4S. The largest absolute Gasteiger partial charge is 0.383 e. The van der Waals surface area contributed by atoms with Crippen LogP contribution in [0.1, 0.15) is 11.3 Å². The maximum absolute atomic E-state index is 14.3. The molecule has 0 spiro atoms. The number of aryl methyl sites for hydroxylation is 1. The van der Waals surface area contributed by atoms with Crippen molar-refractivity contribution in [2.45, 2.75) is 19.5 Å². The number of aromatic nitrogens is 1. The molecule has 2 N–H and O–H groups in total. The zero-order valence-electron chi connectivity index (χ0n) is 19.8. The lowest BCUT2D eigenvalue weighted by atomic mass is 10.1. The molecule has 0 radical (unpaired) electrons. The van der Waals surface area contributed by atoms with Gasteiger partial charge in [0.05, 0.1) is 24.5 Å². The van der Waals surface area contributed by atoms with Crippen molar-refractivity contribution >= 4 is 27.6 Å². The van der Waals surface area contributed by atoms with Crippen molar-refractivity contribution in [3.05, 3.63) is 53.6 Å². The molecule has 1 aromatic heterocycles. The lowest BCUT2D eigenvalue weighted by Crippen LogP contribution is -2.58. The predicted octanol–water partition coefficient (Wildman–Crippen LogP) is 2.11. The van der Waals surface area contributed by atoms with E-state index in [1.54, 1.807) is 24.4 Å². The van der Waals surface area contributed by atoms with E-state index >= 15 is 0 Å². The predicted molar refractivity (Wildman–Crippen MR) is 128 cm³/mol. The number of anilines is 2. The van der Waals surface area contributed by atoms with Gasteiger partial charge in [-0.1, -0.05) is 0 Å². The molecule has 1 fully saturated rings. The molecule has 1 saturated heterocycles. The Morgan fingerprint density at radius 2 is 1.94 bits per heavy atom. The molecule has 0 saturated carbocycles. The van der Waals surface area contributed by atoms with E-state index in [4.69, 9.17) is 4.74 Å². The number of nitrogens with zero attached hydrogens (tertiary/aromatic N) is 4. The summed E-state index contributed by atoms with van der Waals surface area (Å²) in [5.74, 6) is -0.480. The van der Waals surface area contributed by atoms with Crippen LogP contribution in [-0.4, -0.2) is 86.4 Å². The average molecular weight is 495 g/mol. The molecule has 12 heteroatoms. The number of hydrogen-bond donors (Lipinski definition) is 2. The number of carbonyl (C=O) groups is 1. The Hall–Kier alpha value is -2.64. The zero-order chi connectivity index (χ0) is 24.9. The van der Waals surface area contributed by atoms with Crippen molar-refractivity contribution in [2.24, 2.45) is 0 Å². The molecular weight excluding hydrogens is 463 g/mol. The number of ether oxygens (including phenoxy) is 1. The molecule has 2 aromatic rings. The van der Waals surface area contributed by atoms with Gasteiger partial charge in [0, 0.05) is 58.8 Å². The summed E-state index contributed by atoms with van der Waals surface area (Å²) in [6.45, 7) is 3.69. The number of methoxy groups -OCH3 is 1. The number of rotatable bonds is 8. The Labute approximate surface area is 199 Å². The minimum atomic E-state index is -3.58. The van der Waals surface area contributed by atoms with Gasteiger partial charge in [0.25, 0.3) is 10.2 Å². The fraction of sp³-hybridized carbons (Fsp3) is 0.455. The van der Waals surface area contributed by atoms with Gasteiger partial charge in [0.2, 0.25) is 0 Å². The van der Waals surface area contributed by atoms with Crippen LogP contribution in [-0.2, 0) is 21.5 Å². The summed E-state index contributed by atoms with van der Waals surface area (Å²) in [6.07, 6.45) is 1.54. The number of nitrogens with one attached hydrogen (secondary N) is 2. The minimum Gasteiger partial charge on any atom is -0.383 e. The van der Waals surface area contributed by atoms with Crippen LogP contribution in [0, 0.1) is 12.7 Å². The molecule has 1 aliphatic rings. The van der Waals surface area contributed by atoms with Gasteiger partial charge in [0.15, 0.2) is 0 Å². The topological polar surface area (TPSA) is 107 Å². The van der Waals surface area contributed by atoms with Gasteiger partial charge in [-0.25, -0.2) is 9.18 Å². The number of benzene rings is 1. The molecule has 0 bridgehead atoms. The summed E-state index contributed by atoms with van der Waals surface area (Å²) in [5, 5.41) is 5.30. The highest BCUT2D eigenvalue weighted by Crippen LogP contribution is 2.21. The Kier molecular flexibility index (Phi) is 8.55. The van der Waals surface area contributed by atoms with Gasteiger partial charge in [-0.2, -0.15) is 17.0 Å². The van der Waals surface area contributed by atoms with Gasteiger partial charge in [0.1, 0.15) is 5.82 Å². The number of hydrogen-bond acceptors (Lipinski definition) is 6. The van der Waals surface area contributed by atoms with Crippen LogP contribution in [0.25, 0.3) is 0 Å². The average Bonchev–Trinajstić information content (AvgIpc) is 2.75. The standard InChI is InChI=1S/C22H31FN6O4S/c1-16-5-6-19(12-24-16)25-22(30)26-20-10-17(9-18(23)11-20)13-28-7-8-29(21(14-28)15-33-4)34(31,32)27(2)3/h5-6,9-12,21H,7-8,13-15H2,1-4H3,(H2,25,26,30)/t21-/m0/s1. The van der Waals surface area contributed by atoms with E-state index in [-0.39, 0.29) is 12.6 Å². The minimum absolute atomic E-state index is 0.244. The summed E-state index contributed by atoms with van der Waals surface area (Å²) < 4.78 is 47.5. The maximum Gasteiger partial charge on any atom is 0.323 e. The number of piperazine rings is 1. The number of urea groups is 1. The third-order valence-electron chi connectivity index (χ3n) is 5.42. The quantitative estimate of drug-likeness (QED) is 0.582. The fourth-order valence-electron chi connectivity index (χ4n) is 3.80. The summed E-state index contributed by atoms with van der Waals surface area (Å²) in [5.41, 5.74) is 2.32. The van der Waals surface area contributed by atoms with Gasteiger partial charge in [-0.05, 0) is 42.8 Å². The second-order valence-electron chi connectivity index (χ2n) is 8.36. The zero-order valence-corrected chi connectivity index (χ0v) is 20.6. The van der Waals surface area contributed by atoms with Crippen LogP contribution in [0.3, 0.4) is 0 Å². The molecule has 1 atom stereocenters. The Morgan fingerprint density at radius 3 is 2.59 bits per heavy atom. The first kappa shape index (κ1) is 26.0. The van der Waals surface area contributed by atoms with Crippen molar-refractivity contribution in [2.75, 3.05) is 58.1 Å². The van der Waals surface area contributed by atoms with Crippen molar-refractivity contribution in [3.8, 4) is 0 Å². The van der Waals surface area contributed by atoms with Gasteiger partial charge >= 0.3 is 6.03 Å². The summed E-state index contributed by atoms with van der Waals surface area (Å²) in [4.78, 5) is 18.5. The van der Waals surface area contributed by atoms with E-state index in [0.717, 1.165) is 5.69 Å². The second-order valence-corrected chi connectivity index (χ2v) is 10.5. The molecule has 3 rings (SSSR count). The van der Waals surface area contributed by atoms with Crippen LogP contribution < -0.4 is 10.6 Å². The normalized spacial score (nSPS) is 17.6. The van der Waals surface area contributed by atoms with E-state index in [1.807, 2.05) is 11.8 Å². The molecule has 1 aliphatic heterocycles. The Balaban J connectivity index is 1.66. The highest BCUT2D eigenvalue weighted by Gasteiger charge is 2.36. The van der Waals surface area contributed by atoms with Crippen molar-refractivity contribution in [1.82, 2.24) is 18.5 Å². The van der Waals surface area contributed by atoms with Crippen molar-refractivity contribution in [3.63, 3.8) is 0 Å². The molecule has 2 heterocycles. The smallest absolute Gasteiger partial charge is 0.323 e. The van der Waals surface area contributed by atoms with Gasteiger partial charge in [-0.3, -0.25) is 9.88 Å². The van der Waals surface area contributed by atoms with E-state index < -0.39 is 22.1 Å². The molecule has 0 unspecified atom stereocenters. The lowest BCUT2D eigenvalue weighted by molar-refractivity contribution is 0.0637. The lowest BCUT2D eigenvalue weighted by Gasteiger charge is -2.41.